The zero-order valence-corrected chi connectivity index (χ0v) is 10.9. The molecule has 2 rings (SSSR count). The molecule has 1 aromatic rings. The van der Waals surface area contributed by atoms with Crippen LogP contribution >= 0.6 is 27.5 Å². The predicted octanol–water partition coefficient (Wildman–Crippen LogP) is 3.99. The summed E-state index contributed by atoms with van der Waals surface area (Å²) in [5, 5.41) is 1.91. The second kappa shape index (κ2) is 5.22. The van der Waals surface area contributed by atoms with Crippen molar-refractivity contribution < 1.29 is 4.74 Å². The Balaban J connectivity index is 2.15. The number of hydrogen-bond acceptors (Lipinski definition) is 1. The maximum Gasteiger partial charge on any atom is 0.125 e. The van der Waals surface area contributed by atoms with Gasteiger partial charge in [0.05, 0.1) is 6.61 Å². The van der Waals surface area contributed by atoms with Gasteiger partial charge in [0, 0.05) is 16.8 Å². The molecule has 0 bridgehead atoms. The molecule has 0 spiro atoms. The molecule has 1 aliphatic rings. The second-order valence-electron chi connectivity index (χ2n) is 3.80. The normalized spacial score (nSPS) is 13.7. The average Bonchev–Trinajstić information content (AvgIpc) is 2.65. The Morgan fingerprint density at radius 3 is 3.00 bits per heavy atom. The number of benzene rings is 1. The maximum atomic E-state index is 6.08. The number of aryl methyl sites for hydroxylation is 1. The summed E-state index contributed by atoms with van der Waals surface area (Å²) in [6.07, 6.45) is 4.44. The summed E-state index contributed by atoms with van der Waals surface area (Å²) >= 11 is 9.52. The van der Waals surface area contributed by atoms with Crippen molar-refractivity contribution in [3.8, 4) is 5.75 Å². The smallest absolute Gasteiger partial charge is 0.125 e. The molecule has 0 saturated carbocycles. The van der Waals surface area contributed by atoms with Crippen molar-refractivity contribution in [2.45, 2.75) is 25.7 Å². The van der Waals surface area contributed by atoms with Gasteiger partial charge >= 0.3 is 0 Å². The standard InChI is InChI=1S/C12H14BrClO/c13-5-2-1-3-9-7-11(14)8-10-4-6-15-12(9)10/h7-8H,1-6H2. The Morgan fingerprint density at radius 1 is 1.33 bits per heavy atom. The first-order valence-electron chi connectivity index (χ1n) is 5.31. The van der Waals surface area contributed by atoms with E-state index in [2.05, 4.69) is 15.9 Å². The van der Waals surface area contributed by atoms with Crippen molar-refractivity contribution in [1.29, 1.82) is 0 Å². The van der Waals surface area contributed by atoms with Gasteiger partial charge in [0.25, 0.3) is 0 Å². The van der Waals surface area contributed by atoms with Gasteiger partial charge in [-0.15, -0.1) is 0 Å². The van der Waals surface area contributed by atoms with E-state index in [9.17, 15) is 0 Å². The van der Waals surface area contributed by atoms with Gasteiger partial charge in [0.1, 0.15) is 5.75 Å². The molecule has 0 unspecified atom stereocenters. The highest BCUT2D eigenvalue weighted by Crippen LogP contribution is 2.33. The van der Waals surface area contributed by atoms with Crippen molar-refractivity contribution in [3.63, 3.8) is 0 Å². The minimum Gasteiger partial charge on any atom is -0.493 e. The fourth-order valence-electron chi connectivity index (χ4n) is 1.94. The summed E-state index contributed by atoms with van der Waals surface area (Å²) in [6.45, 7) is 0.807. The van der Waals surface area contributed by atoms with Gasteiger partial charge in [-0.2, -0.15) is 0 Å². The summed E-state index contributed by atoms with van der Waals surface area (Å²) in [6, 6.07) is 4.07. The third-order valence-electron chi connectivity index (χ3n) is 2.66. The molecule has 0 saturated heterocycles. The van der Waals surface area contributed by atoms with Crippen molar-refractivity contribution in [2.24, 2.45) is 0 Å². The van der Waals surface area contributed by atoms with Crippen molar-refractivity contribution in [3.05, 3.63) is 28.3 Å². The number of fused-ring (bicyclic) bond motifs is 1. The second-order valence-corrected chi connectivity index (χ2v) is 5.03. The van der Waals surface area contributed by atoms with Crippen molar-refractivity contribution in [1.82, 2.24) is 0 Å². The van der Waals surface area contributed by atoms with E-state index in [1.165, 1.54) is 24.0 Å². The highest BCUT2D eigenvalue weighted by Gasteiger charge is 2.16. The molecular weight excluding hydrogens is 275 g/mol. The predicted molar refractivity (Wildman–Crippen MR) is 67.4 cm³/mol. The van der Waals surface area contributed by atoms with E-state index in [0.717, 1.165) is 35.6 Å². The van der Waals surface area contributed by atoms with Crippen molar-refractivity contribution in [2.75, 3.05) is 11.9 Å². The highest BCUT2D eigenvalue weighted by molar-refractivity contribution is 9.09. The van der Waals surface area contributed by atoms with Gasteiger partial charge in [-0.3, -0.25) is 0 Å². The van der Waals surface area contributed by atoms with E-state index in [1.54, 1.807) is 0 Å². The van der Waals surface area contributed by atoms with Crippen LogP contribution in [-0.2, 0) is 12.8 Å². The molecule has 0 amide bonds. The molecule has 1 aliphatic heterocycles. The van der Waals surface area contributed by atoms with Crippen LogP contribution < -0.4 is 4.74 Å². The lowest BCUT2D eigenvalue weighted by atomic mass is 10.0. The zero-order valence-electron chi connectivity index (χ0n) is 8.56. The summed E-state index contributed by atoms with van der Waals surface area (Å²) in [4.78, 5) is 0. The third kappa shape index (κ3) is 2.67. The largest absolute Gasteiger partial charge is 0.493 e. The van der Waals surface area contributed by atoms with Crippen LogP contribution in [0.1, 0.15) is 24.0 Å². The average molecular weight is 290 g/mol. The first kappa shape index (κ1) is 11.3. The van der Waals surface area contributed by atoms with Crippen LogP contribution in [0.4, 0.5) is 0 Å². The molecule has 0 N–H and O–H groups in total. The molecule has 82 valence electrons. The van der Waals surface area contributed by atoms with Crippen LogP contribution in [0.2, 0.25) is 5.02 Å². The molecule has 15 heavy (non-hydrogen) atoms. The van der Waals surface area contributed by atoms with E-state index < -0.39 is 0 Å². The van der Waals surface area contributed by atoms with E-state index in [4.69, 9.17) is 16.3 Å². The van der Waals surface area contributed by atoms with Gasteiger partial charge < -0.3 is 4.74 Å². The van der Waals surface area contributed by atoms with Gasteiger partial charge in [-0.25, -0.2) is 0 Å². The van der Waals surface area contributed by atoms with E-state index in [1.807, 2.05) is 12.1 Å². The van der Waals surface area contributed by atoms with E-state index >= 15 is 0 Å². The Labute approximate surface area is 104 Å². The molecule has 0 aromatic heterocycles. The van der Waals surface area contributed by atoms with Crippen LogP contribution in [0.25, 0.3) is 0 Å². The monoisotopic (exact) mass is 288 g/mol. The van der Waals surface area contributed by atoms with Crippen LogP contribution in [0.3, 0.4) is 0 Å². The summed E-state index contributed by atoms with van der Waals surface area (Å²) in [7, 11) is 0. The molecule has 0 radical (unpaired) electrons. The van der Waals surface area contributed by atoms with Crippen LogP contribution in [0.5, 0.6) is 5.75 Å². The van der Waals surface area contributed by atoms with Crippen LogP contribution in [-0.4, -0.2) is 11.9 Å². The molecule has 3 heteroatoms. The van der Waals surface area contributed by atoms with Gasteiger partial charge in [0.15, 0.2) is 0 Å². The van der Waals surface area contributed by atoms with Gasteiger partial charge in [-0.05, 0) is 42.5 Å². The van der Waals surface area contributed by atoms with E-state index in [-0.39, 0.29) is 0 Å². The summed E-state index contributed by atoms with van der Waals surface area (Å²) < 4.78 is 5.64. The minimum atomic E-state index is 0.807. The number of rotatable bonds is 4. The number of alkyl halides is 1. The first-order valence-corrected chi connectivity index (χ1v) is 6.81. The Bertz CT molecular complexity index is 352. The SMILES string of the molecule is Clc1cc(CCCCBr)c2c(c1)CCO2. The first-order chi connectivity index (χ1) is 7.31. The molecule has 0 atom stereocenters. The molecule has 0 fully saturated rings. The number of unbranched alkanes of at least 4 members (excludes halogenated alkanes) is 1. The van der Waals surface area contributed by atoms with Gasteiger partial charge in [-0.1, -0.05) is 27.5 Å². The number of hydrogen-bond donors (Lipinski definition) is 0. The zero-order chi connectivity index (χ0) is 10.7. The third-order valence-corrected chi connectivity index (χ3v) is 3.43. The minimum absolute atomic E-state index is 0.807. The summed E-state index contributed by atoms with van der Waals surface area (Å²) in [5.41, 5.74) is 2.55. The van der Waals surface area contributed by atoms with Gasteiger partial charge in [0.2, 0.25) is 0 Å². The lowest BCUT2D eigenvalue weighted by Gasteiger charge is -2.08. The van der Waals surface area contributed by atoms with E-state index in [0.29, 0.717) is 0 Å². The molecule has 1 nitrogen and oxygen atoms in total. The lowest BCUT2D eigenvalue weighted by Crippen LogP contribution is -1.93. The lowest BCUT2D eigenvalue weighted by molar-refractivity contribution is 0.353. The Morgan fingerprint density at radius 2 is 2.20 bits per heavy atom. The topological polar surface area (TPSA) is 9.23 Å². The number of halogens is 2. The number of ether oxygens (including phenoxy) is 1. The molecule has 0 aliphatic carbocycles. The Hall–Kier alpha value is -0.210. The molecular formula is C12H14BrClO. The fraction of sp³-hybridized carbons (Fsp3) is 0.500. The summed E-state index contributed by atoms with van der Waals surface area (Å²) in [5.74, 6) is 1.09. The van der Waals surface area contributed by atoms with Crippen molar-refractivity contribution >= 4 is 27.5 Å². The highest BCUT2D eigenvalue weighted by atomic mass is 79.9. The van der Waals surface area contributed by atoms with Crippen LogP contribution in [0, 0.1) is 0 Å². The molecule has 1 heterocycles. The quantitative estimate of drug-likeness (QED) is 0.601. The fourth-order valence-corrected chi connectivity index (χ4v) is 2.60. The molecule has 1 aromatic carbocycles. The van der Waals surface area contributed by atoms with Crippen LogP contribution in [0.15, 0.2) is 12.1 Å². The Kier molecular flexibility index (Phi) is 3.92. The maximum absolute atomic E-state index is 6.08.